The zero-order chi connectivity index (χ0) is 18.5. The molecule has 0 atom stereocenters. The van der Waals surface area contributed by atoms with Gasteiger partial charge < -0.3 is 15.4 Å². The van der Waals surface area contributed by atoms with E-state index in [0.29, 0.717) is 19.0 Å². The van der Waals surface area contributed by atoms with E-state index >= 15 is 0 Å². The highest BCUT2D eigenvalue weighted by Gasteiger charge is 2.22. The van der Waals surface area contributed by atoms with Gasteiger partial charge in [0, 0.05) is 50.7 Å². The highest BCUT2D eigenvalue weighted by molar-refractivity contribution is 14.0. The van der Waals surface area contributed by atoms with Crippen molar-refractivity contribution in [2.75, 3.05) is 13.7 Å². The van der Waals surface area contributed by atoms with E-state index in [1.54, 1.807) is 7.05 Å². The molecule has 1 aliphatic carbocycles. The summed E-state index contributed by atoms with van der Waals surface area (Å²) >= 11 is 0. The van der Waals surface area contributed by atoms with Crippen molar-refractivity contribution in [2.45, 2.75) is 39.8 Å². The zero-order valence-corrected chi connectivity index (χ0v) is 18.8. The van der Waals surface area contributed by atoms with E-state index in [0.717, 1.165) is 35.4 Å². The highest BCUT2D eigenvalue weighted by Crippen LogP contribution is 2.29. The van der Waals surface area contributed by atoms with Gasteiger partial charge in [-0.15, -0.1) is 24.0 Å². The molecule has 3 rings (SSSR count). The Morgan fingerprint density at radius 1 is 1.26 bits per heavy atom. The van der Waals surface area contributed by atoms with Crippen LogP contribution in [-0.4, -0.2) is 34.4 Å². The van der Waals surface area contributed by atoms with Gasteiger partial charge in [-0.2, -0.15) is 5.10 Å². The number of hydrogen-bond acceptors (Lipinski definition) is 4. The molecule has 7 nitrogen and oxygen atoms in total. The first-order valence-corrected chi connectivity index (χ1v) is 9.08. The topological polar surface area (TPSA) is 76.4 Å². The lowest BCUT2D eigenvalue weighted by Gasteiger charge is -2.12. The fourth-order valence-electron chi connectivity index (χ4n) is 2.74. The van der Waals surface area contributed by atoms with Gasteiger partial charge in [-0.25, -0.2) is 4.98 Å². The number of guanidine groups is 1. The van der Waals surface area contributed by atoms with Crippen LogP contribution in [0.15, 0.2) is 23.3 Å². The summed E-state index contributed by atoms with van der Waals surface area (Å²) in [7, 11) is 3.73. The molecular formula is C19H29IN6O. The van der Waals surface area contributed by atoms with E-state index in [1.165, 1.54) is 18.4 Å². The Morgan fingerprint density at radius 2 is 2.00 bits per heavy atom. The lowest BCUT2D eigenvalue weighted by Crippen LogP contribution is -2.36. The molecule has 0 aromatic carbocycles. The van der Waals surface area contributed by atoms with Gasteiger partial charge in [-0.1, -0.05) is 6.07 Å². The number of aromatic nitrogens is 3. The normalized spacial score (nSPS) is 13.9. The Hall–Kier alpha value is -1.84. The van der Waals surface area contributed by atoms with Crippen molar-refractivity contribution >= 4 is 29.9 Å². The van der Waals surface area contributed by atoms with Crippen LogP contribution in [-0.2, 0) is 20.1 Å². The van der Waals surface area contributed by atoms with Gasteiger partial charge in [-0.05, 0) is 38.2 Å². The minimum absolute atomic E-state index is 0. The second-order valence-corrected chi connectivity index (χ2v) is 6.81. The molecule has 2 heterocycles. The molecule has 8 heteroatoms. The van der Waals surface area contributed by atoms with Crippen LogP contribution < -0.4 is 15.4 Å². The van der Waals surface area contributed by atoms with Gasteiger partial charge in [0.05, 0.1) is 12.3 Å². The number of aliphatic imine (C=N–C) groups is 1. The quantitative estimate of drug-likeness (QED) is 0.359. The zero-order valence-electron chi connectivity index (χ0n) is 16.5. The van der Waals surface area contributed by atoms with Crippen molar-refractivity contribution in [3.8, 4) is 5.88 Å². The molecule has 0 spiro atoms. The largest absolute Gasteiger partial charge is 0.477 e. The second kappa shape index (κ2) is 9.91. The number of nitrogens with zero attached hydrogens (tertiary/aromatic N) is 4. The first-order chi connectivity index (χ1) is 12.6. The van der Waals surface area contributed by atoms with E-state index in [9.17, 15) is 0 Å². The lowest BCUT2D eigenvalue weighted by molar-refractivity contribution is 0.288. The fraction of sp³-hybridized carbons (Fsp3) is 0.526. The number of pyridine rings is 1. The van der Waals surface area contributed by atoms with Crippen molar-refractivity contribution in [2.24, 2.45) is 18.0 Å². The third-order valence-electron chi connectivity index (χ3n) is 4.74. The van der Waals surface area contributed by atoms with Crippen molar-refractivity contribution < 1.29 is 4.74 Å². The van der Waals surface area contributed by atoms with Crippen LogP contribution >= 0.6 is 24.0 Å². The van der Waals surface area contributed by atoms with E-state index in [4.69, 9.17) is 4.74 Å². The van der Waals surface area contributed by atoms with Gasteiger partial charge in [0.1, 0.15) is 0 Å². The average Bonchev–Trinajstić information content (AvgIpc) is 3.43. The van der Waals surface area contributed by atoms with Crippen LogP contribution in [0.5, 0.6) is 5.88 Å². The number of aryl methyl sites for hydroxylation is 2. The predicted octanol–water partition coefficient (Wildman–Crippen LogP) is 2.70. The van der Waals surface area contributed by atoms with Crippen molar-refractivity contribution in [3.63, 3.8) is 0 Å². The molecule has 0 unspecified atom stereocenters. The molecule has 0 radical (unpaired) electrons. The summed E-state index contributed by atoms with van der Waals surface area (Å²) in [6.45, 7) is 6.23. The summed E-state index contributed by atoms with van der Waals surface area (Å²) in [6.07, 6.45) is 4.41. The molecule has 2 N–H and O–H groups in total. The van der Waals surface area contributed by atoms with Gasteiger partial charge in [0.2, 0.25) is 5.88 Å². The van der Waals surface area contributed by atoms with Crippen LogP contribution in [0.3, 0.4) is 0 Å². The maximum absolute atomic E-state index is 5.67. The number of halogens is 1. The second-order valence-electron chi connectivity index (χ2n) is 6.81. The molecule has 0 amide bonds. The maximum Gasteiger partial charge on any atom is 0.213 e. The first-order valence-electron chi connectivity index (χ1n) is 9.08. The van der Waals surface area contributed by atoms with E-state index in [-0.39, 0.29) is 24.0 Å². The van der Waals surface area contributed by atoms with Crippen LogP contribution in [0.2, 0.25) is 0 Å². The molecule has 27 heavy (non-hydrogen) atoms. The molecule has 0 bridgehead atoms. The van der Waals surface area contributed by atoms with Crippen molar-refractivity contribution in [1.29, 1.82) is 0 Å². The Balaban J connectivity index is 0.00000261. The van der Waals surface area contributed by atoms with E-state index in [1.807, 2.05) is 37.0 Å². The summed E-state index contributed by atoms with van der Waals surface area (Å²) in [5, 5.41) is 11.1. The molecule has 1 fully saturated rings. The van der Waals surface area contributed by atoms with Crippen molar-refractivity contribution in [1.82, 2.24) is 25.4 Å². The van der Waals surface area contributed by atoms with Crippen LogP contribution in [0.25, 0.3) is 0 Å². The summed E-state index contributed by atoms with van der Waals surface area (Å²) < 4.78 is 7.57. The Bertz CT molecular complexity index is 767. The standard InChI is InChI=1S/C19H28N6O.HI/c1-13-17(14(2)25(4)24-13)11-23-19(20-3)22-10-16-7-8-18(21-9-16)26-12-15-5-6-15;/h7-9,15H,5-6,10-12H2,1-4H3,(H2,20,22,23);1H. The fourth-order valence-corrected chi connectivity index (χ4v) is 2.74. The Kier molecular flexibility index (Phi) is 7.88. The van der Waals surface area contributed by atoms with Crippen LogP contribution in [0.1, 0.15) is 35.4 Å². The summed E-state index contributed by atoms with van der Waals surface area (Å²) in [4.78, 5) is 8.65. The molecule has 2 aromatic heterocycles. The number of rotatable bonds is 7. The summed E-state index contributed by atoms with van der Waals surface area (Å²) in [5.74, 6) is 2.19. The molecule has 0 saturated heterocycles. The van der Waals surface area contributed by atoms with Gasteiger partial charge in [-0.3, -0.25) is 9.67 Å². The number of nitrogens with one attached hydrogen (secondary N) is 2. The third-order valence-corrected chi connectivity index (χ3v) is 4.74. The number of ether oxygens (including phenoxy) is 1. The van der Waals surface area contributed by atoms with Crippen LogP contribution in [0, 0.1) is 19.8 Å². The minimum atomic E-state index is 0. The van der Waals surface area contributed by atoms with E-state index < -0.39 is 0 Å². The summed E-state index contributed by atoms with van der Waals surface area (Å²) in [5.41, 5.74) is 4.49. The highest BCUT2D eigenvalue weighted by atomic mass is 127. The molecule has 1 saturated carbocycles. The van der Waals surface area contributed by atoms with Gasteiger partial charge in [0.25, 0.3) is 0 Å². The maximum atomic E-state index is 5.67. The van der Waals surface area contributed by atoms with Gasteiger partial charge in [0.15, 0.2) is 5.96 Å². The van der Waals surface area contributed by atoms with Crippen LogP contribution in [0.4, 0.5) is 0 Å². The SMILES string of the molecule is CN=C(NCc1ccc(OCC2CC2)nc1)NCc1c(C)nn(C)c1C.I. The predicted molar refractivity (Wildman–Crippen MR) is 118 cm³/mol. The molecule has 1 aliphatic rings. The average molecular weight is 484 g/mol. The molecule has 148 valence electrons. The monoisotopic (exact) mass is 484 g/mol. The molecule has 0 aliphatic heterocycles. The van der Waals surface area contributed by atoms with Gasteiger partial charge >= 0.3 is 0 Å². The third kappa shape index (κ3) is 6.08. The Labute approximate surface area is 178 Å². The Morgan fingerprint density at radius 3 is 2.56 bits per heavy atom. The minimum Gasteiger partial charge on any atom is -0.477 e. The lowest BCUT2D eigenvalue weighted by atomic mass is 10.2. The number of hydrogen-bond donors (Lipinski definition) is 2. The molecule has 2 aromatic rings. The van der Waals surface area contributed by atoms with E-state index in [2.05, 4.69) is 32.6 Å². The van der Waals surface area contributed by atoms with Crippen molar-refractivity contribution in [3.05, 3.63) is 40.8 Å². The molecular weight excluding hydrogens is 455 g/mol. The summed E-state index contributed by atoms with van der Waals surface area (Å²) in [6, 6.07) is 3.96. The first kappa shape index (κ1) is 21.5. The smallest absolute Gasteiger partial charge is 0.213 e.